The van der Waals surface area contributed by atoms with Crippen LogP contribution in [0.15, 0.2) is 48.5 Å². The van der Waals surface area contributed by atoms with Gasteiger partial charge in [0.25, 0.3) is 5.91 Å². The number of aryl methyl sites for hydroxylation is 1. The summed E-state index contributed by atoms with van der Waals surface area (Å²) in [7, 11) is 0. The zero-order valence-corrected chi connectivity index (χ0v) is 14.9. The molecule has 1 fully saturated rings. The number of carbonyl (C=O) groups is 1. The fourth-order valence-electron chi connectivity index (χ4n) is 3.49. The van der Waals surface area contributed by atoms with Gasteiger partial charge in [0.05, 0.1) is 0 Å². The lowest BCUT2D eigenvalue weighted by Crippen LogP contribution is -2.48. The maximum absolute atomic E-state index is 12.6. The van der Waals surface area contributed by atoms with Crippen molar-refractivity contribution in [2.75, 3.05) is 26.2 Å². The number of hydrogen-bond acceptors (Lipinski definition) is 3. The highest BCUT2D eigenvalue weighted by Crippen LogP contribution is 2.20. The fourth-order valence-corrected chi connectivity index (χ4v) is 3.49. The number of benzene rings is 2. The van der Waals surface area contributed by atoms with Gasteiger partial charge in [-0.25, -0.2) is 0 Å². The summed E-state index contributed by atoms with van der Waals surface area (Å²) in [4.78, 5) is 20.3. The molecule has 0 spiro atoms. The van der Waals surface area contributed by atoms with E-state index in [1.807, 2.05) is 24.0 Å². The fraction of sp³-hybridized carbons (Fsp3) is 0.286. The molecule has 26 heavy (non-hydrogen) atoms. The molecule has 1 aromatic heterocycles. The quantitative estimate of drug-likeness (QED) is 0.764. The number of phenols is 1. The Balaban J connectivity index is 1.37. The molecule has 0 bridgehead atoms. The molecule has 1 aliphatic rings. The van der Waals surface area contributed by atoms with E-state index in [4.69, 9.17) is 0 Å². The predicted octanol–water partition coefficient (Wildman–Crippen LogP) is 3.14. The number of nitrogens with zero attached hydrogens (tertiary/aromatic N) is 2. The number of aromatic hydroxyl groups is 1. The number of fused-ring (bicyclic) bond motifs is 1. The van der Waals surface area contributed by atoms with Crippen LogP contribution in [0.2, 0.25) is 0 Å². The van der Waals surface area contributed by atoms with Gasteiger partial charge in [-0.2, -0.15) is 0 Å². The second kappa shape index (κ2) is 6.84. The molecule has 2 aromatic carbocycles. The minimum atomic E-state index is -0.00874. The van der Waals surface area contributed by atoms with Crippen LogP contribution in [0, 0.1) is 6.92 Å². The molecule has 0 atom stereocenters. The van der Waals surface area contributed by atoms with Gasteiger partial charge in [-0.3, -0.25) is 9.69 Å². The van der Waals surface area contributed by atoms with Crippen molar-refractivity contribution in [1.29, 1.82) is 0 Å². The average Bonchev–Trinajstić information content (AvgIpc) is 3.06. The zero-order chi connectivity index (χ0) is 18.1. The third-order valence-corrected chi connectivity index (χ3v) is 5.10. The number of hydrogen-bond donors (Lipinski definition) is 2. The Bertz CT molecular complexity index is 906. The van der Waals surface area contributed by atoms with E-state index in [9.17, 15) is 9.90 Å². The highest BCUT2D eigenvalue weighted by atomic mass is 16.3. The Morgan fingerprint density at radius 3 is 2.58 bits per heavy atom. The van der Waals surface area contributed by atoms with Crippen LogP contribution in [0.4, 0.5) is 0 Å². The van der Waals surface area contributed by atoms with E-state index in [1.54, 1.807) is 18.2 Å². The second-order valence-corrected chi connectivity index (χ2v) is 6.95. The highest BCUT2D eigenvalue weighted by molar-refractivity contribution is 5.94. The lowest BCUT2D eigenvalue weighted by atomic mass is 10.1. The smallest absolute Gasteiger partial charge is 0.254 e. The van der Waals surface area contributed by atoms with E-state index in [0.717, 1.165) is 30.7 Å². The number of aromatic nitrogens is 1. The molecular formula is C21H23N3O2. The van der Waals surface area contributed by atoms with E-state index in [0.29, 0.717) is 18.7 Å². The van der Waals surface area contributed by atoms with Gasteiger partial charge in [-0.1, -0.05) is 24.3 Å². The molecule has 1 aliphatic heterocycles. The molecule has 0 saturated carbocycles. The Kier molecular flexibility index (Phi) is 4.39. The number of carbonyl (C=O) groups excluding carboxylic acids is 1. The number of amides is 1. The van der Waals surface area contributed by atoms with E-state index in [1.165, 1.54) is 11.1 Å². The minimum Gasteiger partial charge on any atom is -0.508 e. The zero-order valence-electron chi connectivity index (χ0n) is 14.9. The Morgan fingerprint density at radius 2 is 1.85 bits per heavy atom. The van der Waals surface area contributed by atoms with Crippen LogP contribution in [-0.4, -0.2) is 52.0 Å². The predicted molar refractivity (Wildman–Crippen MR) is 102 cm³/mol. The van der Waals surface area contributed by atoms with Gasteiger partial charge in [-0.15, -0.1) is 0 Å². The van der Waals surface area contributed by atoms with Crippen molar-refractivity contribution in [2.45, 2.75) is 13.5 Å². The number of nitrogens with one attached hydrogen (secondary N) is 1. The Morgan fingerprint density at radius 1 is 1.08 bits per heavy atom. The molecule has 0 radical (unpaired) electrons. The van der Waals surface area contributed by atoms with Gasteiger partial charge in [0, 0.05) is 49.5 Å². The molecule has 5 nitrogen and oxygen atoms in total. The average molecular weight is 349 g/mol. The summed E-state index contributed by atoms with van der Waals surface area (Å²) in [6.07, 6.45) is 0. The minimum absolute atomic E-state index is 0.00874. The van der Waals surface area contributed by atoms with Gasteiger partial charge in [0.2, 0.25) is 0 Å². The molecule has 134 valence electrons. The maximum Gasteiger partial charge on any atom is 0.254 e. The largest absolute Gasteiger partial charge is 0.508 e. The van der Waals surface area contributed by atoms with Crippen molar-refractivity contribution >= 4 is 16.8 Å². The SMILES string of the molecule is Cc1ccc(C(=O)N2CCN(Cc3cc4ccccc4[nH]3)CC2)cc1O. The van der Waals surface area contributed by atoms with Crippen LogP contribution in [0.25, 0.3) is 10.9 Å². The summed E-state index contributed by atoms with van der Waals surface area (Å²) < 4.78 is 0. The first kappa shape index (κ1) is 16.7. The van der Waals surface area contributed by atoms with Crippen molar-refractivity contribution in [3.63, 3.8) is 0 Å². The second-order valence-electron chi connectivity index (χ2n) is 6.95. The van der Waals surface area contributed by atoms with Crippen LogP contribution in [0.3, 0.4) is 0 Å². The molecule has 1 amide bonds. The van der Waals surface area contributed by atoms with Crippen LogP contribution in [0.1, 0.15) is 21.6 Å². The summed E-state index contributed by atoms with van der Waals surface area (Å²) in [5.74, 6) is 0.166. The summed E-state index contributed by atoms with van der Waals surface area (Å²) in [5, 5.41) is 11.1. The molecule has 1 saturated heterocycles. The third-order valence-electron chi connectivity index (χ3n) is 5.10. The molecular weight excluding hydrogens is 326 g/mol. The summed E-state index contributed by atoms with van der Waals surface area (Å²) in [6.45, 7) is 5.79. The van der Waals surface area contributed by atoms with Crippen LogP contribution in [0.5, 0.6) is 5.75 Å². The first-order valence-electron chi connectivity index (χ1n) is 8.98. The lowest BCUT2D eigenvalue weighted by molar-refractivity contribution is 0.0627. The molecule has 5 heteroatoms. The van der Waals surface area contributed by atoms with Crippen molar-refractivity contribution < 1.29 is 9.90 Å². The van der Waals surface area contributed by atoms with E-state index in [-0.39, 0.29) is 11.7 Å². The molecule has 4 rings (SSSR count). The number of phenolic OH excluding ortho intramolecular Hbond substituents is 1. The molecule has 0 unspecified atom stereocenters. The number of aromatic amines is 1. The lowest BCUT2D eigenvalue weighted by Gasteiger charge is -2.34. The van der Waals surface area contributed by atoms with Crippen molar-refractivity contribution in [2.24, 2.45) is 0 Å². The molecule has 0 aliphatic carbocycles. The van der Waals surface area contributed by atoms with Crippen LogP contribution in [-0.2, 0) is 6.54 Å². The van der Waals surface area contributed by atoms with Gasteiger partial charge >= 0.3 is 0 Å². The number of H-pyrrole nitrogens is 1. The topological polar surface area (TPSA) is 59.6 Å². The third kappa shape index (κ3) is 3.30. The molecule has 3 aromatic rings. The van der Waals surface area contributed by atoms with Crippen LogP contribution < -0.4 is 0 Å². The van der Waals surface area contributed by atoms with Crippen molar-refractivity contribution in [1.82, 2.24) is 14.8 Å². The standard InChI is InChI=1S/C21H23N3O2/c1-15-6-7-17(13-20(15)25)21(26)24-10-8-23(9-11-24)14-18-12-16-4-2-3-5-19(16)22-18/h2-7,12-13,22,25H,8-11,14H2,1H3. The van der Waals surface area contributed by atoms with Gasteiger partial charge in [0.15, 0.2) is 0 Å². The summed E-state index contributed by atoms with van der Waals surface area (Å²) in [5.41, 5.74) is 3.70. The van der Waals surface area contributed by atoms with Crippen molar-refractivity contribution in [3.8, 4) is 5.75 Å². The normalized spacial score (nSPS) is 15.5. The summed E-state index contributed by atoms with van der Waals surface area (Å²) >= 11 is 0. The van der Waals surface area contributed by atoms with Gasteiger partial charge in [0.1, 0.15) is 5.75 Å². The summed E-state index contributed by atoms with van der Waals surface area (Å²) in [6, 6.07) is 15.6. The first-order chi connectivity index (χ1) is 12.6. The molecule has 2 N–H and O–H groups in total. The highest BCUT2D eigenvalue weighted by Gasteiger charge is 2.22. The van der Waals surface area contributed by atoms with E-state index < -0.39 is 0 Å². The van der Waals surface area contributed by atoms with Crippen LogP contribution >= 0.6 is 0 Å². The Labute approximate surface area is 152 Å². The monoisotopic (exact) mass is 349 g/mol. The number of para-hydroxylation sites is 1. The van der Waals surface area contributed by atoms with Crippen molar-refractivity contribution in [3.05, 3.63) is 65.4 Å². The maximum atomic E-state index is 12.6. The molecule has 2 heterocycles. The van der Waals surface area contributed by atoms with Gasteiger partial charge in [-0.05, 0) is 42.1 Å². The van der Waals surface area contributed by atoms with E-state index in [2.05, 4.69) is 28.1 Å². The number of rotatable bonds is 3. The Hall–Kier alpha value is -2.79. The first-order valence-corrected chi connectivity index (χ1v) is 8.98. The number of piperazine rings is 1. The van der Waals surface area contributed by atoms with Gasteiger partial charge < -0.3 is 15.0 Å². The van der Waals surface area contributed by atoms with E-state index >= 15 is 0 Å².